The second-order valence-corrected chi connectivity index (χ2v) is 4.63. The minimum absolute atomic E-state index is 0. The Morgan fingerprint density at radius 3 is 2.68 bits per heavy atom. The minimum atomic E-state index is 0. The van der Waals surface area contributed by atoms with Crippen LogP contribution < -0.4 is 5.32 Å². The topological polar surface area (TPSA) is 47.7 Å². The summed E-state index contributed by atoms with van der Waals surface area (Å²) in [6.07, 6.45) is 7.17. The van der Waals surface area contributed by atoms with Gasteiger partial charge in [-0.25, -0.2) is 0 Å². The Morgan fingerprint density at radius 2 is 2.05 bits per heavy atom. The molecule has 1 N–H and O–H groups in total. The molecular weight excluding hydrogens is 262 g/mol. The summed E-state index contributed by atoms with van der Waals surface area (Å²) in [5, 5.41) is 12.1. The third-order valence-corrected chi connectivity index (χ3v) is 2.90. The predicted octanol–water partition coefficient (Wildman–Crippen LogP) is 2.05. The molecule has 0 bridgehead atoms. The van der Waals surface area contributed by atoms with Gasteiger partial charge in [-0.1, -0.05) is 6.92 Å². The molecule has 0 radical (unpaired) electrons. The summed E-state index contributed by atoms with van der Waals surface area (Å²) in [6.45, 7) is 6.91. The molecule has 106 valence electrons. The minimum Gasteiger partial charge on any atom is -0.308 e. The molecule has 0 amide bonds. The lowest BCUT2D eigenvalue weighted by atomic mass is 10.2. The molecule has 5 nitrogen and oxygen atoms in total. The van der Waals surface area contributed by atoms with Crippen LogP contribution in [-0.4, -0.2) is 19.6 Å². The lowest BCUT2D eigenvalue weighted by Crippen LogP contribution is -2.12. The van der Waals surface area contributed by atoms with Gasteiger partial charge in [-0.15, -0.1) is 12.4 Å². The molecule has 2 aromatic heterocycles. The Morgan fingerprint density at radius 1 is 1.26 bits per heavy atom. The standard InChI is InChI=1S/C13H21N5.ClH/c1-4-5-18-10-13(11(2)16-18)8-14-6-12-7-15-17(3)9-12;/h7,9-10,14H,4-6,8H2,1-3H3;1H. The summed E-state index contributed by atoms with van der Waals surface area (Å²) in [5.74, 6) is 0. The van der Waals surface area contributed by atoms with Crippen LogP contribution >= 0.6 is 12.4 Å². The molecule has 0 aliphatic heterocycles. The normalized spacial score (nSPS) is 10.5. The lowest BCUT2D eigenvalue weighted by molar-refractivity contribution is 0.597. The van der Waals surface area contributed by atoms with E-state index in [4.69, 9.17) is 0 Å². The van der Waals surface area contributed by atoms with Crippen molar-refractivity contribution in [3.63, 3.8) is 0 Å². The fourth-order valence-corrected chi connectivity index (χ4v) is 1.98. The van der Waals surface area contributed by atoms with Crippen LogP contribution in [0.4, 0.5) is 0 Å². The Bertz CT molecular complexity index is 503. The fraction of sp³-hybridized carbons (Fsp3) is 0.538. The number of hydrogen-bond donors (Lipinski definition) is 1. The highest BCUT2D eigenvalue weighted by Crippen LogP contribution is 2.06. The zero-order chi connectivity index (χ0) is 13.0. The van der Waals surface area contributed by atoms with Gasteiger partial charge in [-0.2, -0.15) is 10.2 Å². The summed E-state index contributed by atoms with van der Waals surface area (Å²) in [4.78, 5) is 0. The third-order valence-electron chi connectivity index (χ3n) is 2.90. The molecule has 2 aromatic rings. The van der Waals surface area contributed by atoms with Crippen LogP contribution in [0, 0.1) is 6.92 Å². The maximum atomic E-state index is 4.49. The molecule has 6 heteroatoms. The molecule has 0 aromatic carbocycles. The van der Waals surface area contributed by atoms with E-state index in [0.29, 0.717) is 0 Å². The van der Waals surface area contributed by atoms with Crippen molar-refractivity contribution in [1.82, 2.24) is 24.9 Å². The van der Waals surface area contributed by atoms with Crippen LogP contribution in [0.25, 0.3) is 0 Å². The molecule has 0 saturated carbocycles. The maximum Gasteiger partial charge on any atom is 0.0638 e. The summed E-state index contributed by atoms with van der Waals surface area (Å²) >= 11 is 0. The van der Waals surface area contributed by atoms with E-state index in [1.807, 2.05) is 28.8 Å². The van der Waals surface area contributed by atoms with Crippen molar-refractivity contribution in [2.45, 2.75) is 39.9 Å². The van der Waals surface area contributed by atoms with Gasteiger partial charge in [0.1, 0.15) is 0 Å². The summed E-state index contributed by atoms with van der Waals surface area (Å²) < 4.78 is 3.85. The van der Waals surface area contributed by atoms with E-state index in [1.54, 1.807) is 0 Å². The van der Waals surface area contributed by atoms with Gasteiger partial charge < -0.3 is 5.32 Å². The van der Waals surface area contributed by atoms with Crippen molar-refractivity contribution in [1.29, 1.82) is 0 Å². The average molecular weight is 284 g/mol. The number of hydrogen-bond acceptors (Lipinski definition) is 3. The highest BCUT2D eigenvalue weighted by Gasteiger charge is 2.04. The van der Waals surface area contributed by atoms with Crippen molar-refractivity contribution < 1.29 is 0 Å². The zero-order valence-corrected chi connectivity index (χ0v) is 12.6. The van der Waals surface area contributed by atoms with Crippen molar-refractivity contribution in [2.24, 2.45) is 7.05 Å². The van der Waals surface area contributed by atoms with E-state index >= 15 is 0 Å². The number of aryl methyl sites for hydroxylation is 3. The molecule has 0 aliphatic rings. The number of nitrogens with one attached hydrogen (secondary N) is 1. The number of halogens is 1. The van der Waals surface area contributed by atoms with Crippen LogP contribution in [0.3, 0.4) is 0 Å². The molecule has 2 heterocycles. The lowest BCUT2D eigenvalue weighted by Gasteiger charge is -2.01. The van der Waals surface area contributed by atoms with Gasteiger partial charge >= 0.3 is 0 Å². The van der Waals surface area contributed by atoms with Gasteiger partial charge in [0.25, 0.3) is 0 Å². The van der Waals surface area contributed by atoms with Gasteiger partial charge in [0.15, 0.2) is 0 Å². The Kier molecular flexibility index (Phi) is 6.05. The highest BCUT2D eigenvalue weighted by molar-refractivity contribution is 5.85. The van der Waals surface area contributed by atoms with Gasteiger partial charge in [0, 0.05) is 50.2 Å². The smallest absolute Gasteiger partial charge is 0.0638 e. The molecular formula is C13H22ClN5. The molecule has 0 saturated heterocycles. The van der Waals surface area contributed by atoms with Crippen LogP contribution in [0.5, 0.6) is 0 Å². The Hall–Kier alpha value is -1.33. The third kappa shape index (κ3) is 4.36. The molecule has 0 spiro atoms. The number of nitrogens with zero attached hydrogens (tertiary/aromatic N) is 4. The largest absolute Gasteiger partial charge is 0.308 e. The maximum absolute atomic E-state index is 4.49. The fourth-order valence-electron chi connectivity index (χ4n) is 1.98. The van der Waals surface area contributed by atoms with E-state index in [0.717, 1.165) is 31.7 Å². The van der Waals surface area contributed by atoms with Crippen molar-refractivity contribution in [3.8, 4) is 0 Å². The van der Waals surface area contributed by atoms with Crippen LogP contribution in [0.1, 0.15) is 30.2 Å². The second kappa shape index (κ2) is 7.31. The average Bonchev–Trinajstić information content (AvgIpc) is 2.87. The van der Waals surface area contributed by atoms with Crippen LogP contribution in [0.15, 0.2) is 18.6 Å². The number of rotatable bonds is 6. The first kappa shape index (κ1) is 15.7. The SMILES string of the molecule is CCCn1cc(CNCc2cnn(C)c2)c(C)n1.Cl. The van der Waals surface area contributed by atoms with Crippen molar-refractivity contribution in [3.05, 3.63) is 35.4 Å². The Labute approximate surface area is 120 Å². The van der Waals surface area contributed by atoms with Gasteiger partial charge in [0.2, 0.25) is 0 Å². The first-order valence-electron chi connectivity index (χ1n) is 6.40. The summed E-state index contributed by atoms with van der Waals surface area (Å²) in [6, 6.07) is 0. The molecule has 0 aliphatic carbocycles. The number of aromatic nitrogens is 4. The summed E-state index contributed by atoms with van der Waals surface area (Å²) in [5.41, 5.74) is 3.59. The van der Waals surface area contributed by atoms with Gasteiger partial charge in [-0.3, -0.25) is 9.36 Å². The zero-order valence-electron chi connectivity index (χ0n) is 11.8. The van der Waals surface area contributed by atoms with E-state index in [-0.39, 0.29) is 12.4 Å². The van der Waals surface area contributed by atoms with E-state index in [9.17, 15) is 0 Å². The molecule has 19 heavy (non-hydrogen) atoms. The van der Waals surface area contributed by atoms with E-state index in [1.165, 1.54) is 11.1 Å². The van der Waals surface area contributed by atoms with Crippen LogP contribution in [0.2, 0.25) is 0 Å². The second-order valence-electron chi connectivity index (χ2n) is 4.63. The monoisotopic (exact) mass is 283 g/mol. The Balaban J connectivity index is 0.00000180. The van der Waals surface area contributed by atoms with Gasteiger partial charge in [-0.05, 0) is 13.3 Å². The predicted molar refractivity (Wildman–Crippen MR) is 78.3 cm³/mol. The quantitative estimate of drug-likeness (QED) is 0.883. The molecule has 2 rings (SSSR count). The van der Waals surface area contributed by atoms with Crippen molar-refractivity contribution >= 4 is 12.4 Å². The van der Waals surface area contributed by atoms with Crippen LogP contribution in [-0.2, 0) is 26.7 Å². The first-order chi connectivity index (χ1) is 8.69. The van der Waals surface area contributed by atoms with E-state index < -0.39 is 0 Å². The molecule has 0 unspecified atom stereocenters. The van der Waals surface area contributed by atoms with E-state index in [2.05, 4.69) is 35.6 Å². The first-order valence-corrected chi connectivity index (χ1v) is 6.40. The summed E-state index contributed by atoms with van der Waals surface area (Å²) in [7, 11) is 1.93. The molecule has 0 atom stereocenters. The highest BCUT2D eigenvalue weighted by atomic mass is 35.5. The van der Waals surface area contributed by atoms with Crippen molar-refractivity contribution in [2.75, 3.05) is 0 Å². The molecule has 0 fully saturated rings. The van der Waals surface area contributed by atoms with Gasteiger partial charge in [0.05, 0.1) is 11.9 Å².